The Morgan fingerprint density at radius 1 is 1.54 bits per heavy atom. The zero-order valence-electron chi connectivity index (χ0n) is 14.7. The molecule has 2 N–H and O–H groups in total. The molecule has 2 fully saturated rings. The van der Waals surface area contributed by atoms with Crippen molar-refractivity contribution in [3.8, 4) is 6.07 Å². The minimum Gasteiger partial charge on any atom is -0.389 e. The number of aliphatic hydroxyl groups is 1. The third-order valence-electron chi connectivity index (χ3n) is 5.87. The van der Waals surface area contributed by atoms with Crippen LogP contribution in [-0.2, 0) is 10.2 Å². The molecular weight excluding hydrogens is 337 g/mol. The molecule has 138 valence electrons. The lowest BCUT2D eigenvalue weighted by atomic mass is 9.64. The zero-order valence-corrected chi connectivity index (χ0v) is 14.7. The number of aromatic nitrogens is 3. The number of nitriles is 1. The van der Waals surface area contributed by atoms with Gasteiger partial charge in [-0.15, -0.1) is 5.10 Å². The molecule has 3 heterocycles. The SMILES string of the molecule is CCC1(c2c(C#N)c(F)c3cnc(N[C@@H]4CCOC[C@H]4O)nn23)CCC1. The van der Waals surface area contributed by atoms with Crippen LogP contribution in [0.25, 0.3) is 5.52 Å². The van der Waals surface area contributed by atoms with Crippen LogP contribution in [0.1, 0.15) is 50.3 Å². The van der Waals surface area contributed by atoms with Gasteiger partial charge < -0.3 is 15.2 Å². The van der Waals surface area contributed by atoms with Crippen molar-refractivity contribution >= 4 is 11.5 Å². The van der Waals surface area contributed by atoms with E-state index in [1.54, 1.807) is 0 Å². The fraction of sp³-hybridized carbons (Fsp3) is 0.611. The molecule has 4 rings (SSSR count). The lowest BCUT2D eigenvalue weighted by Crippen LogP contribution is -2.42. The highest BCUT2D eigenvalue weighted by Gasteiger charge is 2.43. The quantitative estimate of drug-likeness (QED) is 0.868. The Morgan fingerprint density at radius 3 is 2.96 bits per heavy atom. The highest BCUT2D eigenvalue weighted by Crippen LogP contribution is 2.48. The minimum atomic E-state index is -0.646. The summed E-state index contributed by atoms with van der Waals surface area (Å²) in [6.45, 7) is 2.88. The molecule has 26 heavy (non-hydrogen) atoms. The van der Waals surface area contributed by atoms with E-state index in [-0.39, 0.29) is 29.1 Å². The van der Waals surface area contributed by atoms with Crippen LogP contribution in [-0.4, -0.2) is 45.1 Å². The average molecular weight is 359 g/mol. The molecule has 0 unspecified atom stereocenters. The van der Waals surface area contributed by atoms with Gasteiger partial charge in [-0.2, -0.15) is 5.26 Å². The Kier molecular flexibility index (Phi) is 4.29. The second-order valence-corrected chi connectivity index (χ2v) is 7.20. The van der Waals surface area contributed by atoms with E-state index in [1.165, 1.54) is 10.7 Å². The van der Waals surface area contributed by atoms with Crippen LogP contribution in [0.2, 0.25) is 0 Å². The van der Waals surface area contributed by atoms with Crippen molar-refractivity contribution in [3.63, 3.8) is 0 Å². The molecule has 0 spiro atoms. The molecule has 2 aromatic heterocycles. The summed E-state index contributed by atoms with van der Waals surface area (Å²) in [5, 5.41) is 27.2. The van der Waals surface area contributed by atoms with E-state index in [0.717, 1.165) is 25.7 Å². The molecule has 0 amide bonds. The van der Waals surface area contributed by atoms with E-state index in [0.29, 0.717) is 24.7 Å². The van der Waals surface area contributed by atoms with Gasteiger partial charge in [-0.3, -0.25) is 0 Å². The van der Waals surface area contributed by atoms with Crippen molar-refractivity contribution in [2.75, 3.05) is 18.5 Å². The van der Waals surface area contributed by atoms with E-state index in [4.69, 9.17) is 4.74 Å². The van der Waals surface area contributed by atoms with Crippen LogP contribution in [0.15, 0.2) is 6.20 Å². The summed E-state index contributed by atoms with van der Waals surface area (Å²) in [7, 11) is 0. The van der Waals surface area contributed by atoms with E-state index in [9.17, 15) is 14.8 Å². The summed E-state index contributed by atoms with van der Waals surface area (Å²) < 4.78 is 21.5. The van der Waals surface area contributed by atoms with Crippen molar-refractivity contribution < 1.29 is 14.2 Å². The molecule has 0 radical (unpaired) electrons. The summed E-state index contributed by atoms with van der Waals surface area (Å²) >= 11 is 0. The number of halogens is 1. The second-order valence-electron chi connectivity index (χ2n) is 7.20. The summed E-state index contributed by atoms with van der Waals surface area (Å²) in [5.41, 5.74) is 0.736. The molecule has 7 nitrogen and oxygen atoms in total. The molecule has 2 atom stereocenters. The third-order valence-corrected chi connectivity index (χ3v) is 5.87. The van der Waals surface area contributed by atoms with Crippen LogP contribution in [0.5, 0.6) is 0 Å². The zero-order chi connectivity index (χ0) is 18.3. The predicted octanol–water partition coefficient (Wildman–Crippen LogP) is 2.13. The van der Waals surface area contributed by atoms with Crippen LogP contribution in [0, 0.1) is 17.1 Å². The second kappa shape index (κ2) is 6.49. The first kappa shape index (κ1) is 17.2. The monoisotopic (exact) mass is 359 g/mol. The first-order valence-electron chi connectivity index (χ1n) is 9.10. The van der Waals surface area contributed by atoms with Crippen LogP contribution >= 0.6 is 0 Å². The highest BCUT2D eigenvalue weighted by molar-refractivity contribution is 5.60. The molecule has 2 aliphatic rings. The molecule has 8 heteroatoms. The maximum absolute atomic E-state index is 14.8. The predicted molar refractivity (Wildman–Crippen MR) is 92.3 cm³/mol. The Bertz CT molecular complexity index is 865. The molecule has 1 aliphatic carbocycles. The van der Waals surface area contributed by atoms with Gasteiger partial charge in [0.05, 0.1) is 30.6 Å². The van der Waals surface area contributed by atoms with Gasteiger partial charge in [0, 0.05) is 12.0 Å². The lowest BCUT2D eigenvalue weighted by Gasteiger charge is -2.41. The summed E-state index contributed by atoms with van der Waals surface area (Å²) in [4.78, 5) is 4.19. The molecule has 1 saturated heterocycles. The van der Waals surface area contributed by atoms with Crippen LogP contribution in [0.3, 0.4) is 0 Å². The number of rotatable bonds is 4. The molecule has 0 aromatic carbocycles. The number of nitrogens with zero attached hydrogens (tertiary/aromatic N) is 4. The number of ether oxygens (including phenoxy) is 1. The van der Waals surface area contributed by atoms with Gasteiger partial charge in [-0.05, 0) is 25.7 Å². The van der Waals surface area contributed by atoms with Crippen molar-refractivity contribution in [2.45, 2.75) is 56.6 Å². The Hall–Kier alpha value is -2.24. The Labute approximate surface area is 150 Å². The maximum atomic E-state index is 14.8. The topological polar surface area (TPSA) is 95.5 Å². The molecular formula is C18H22FN5O2. The number of hydrogen-bond donors (Lipinski definition) is 2. The largest absolute Gasteiger partial charge is 0.389 e. The third kappa shape index (κ3) is 2.54. The summed E-state index contributed by atoms with van der Waals surface area (Å²) in [6.07, 6.45) is 5.15. The normalized spacial score (nSPS) is 24.8. The van der Waals surface area contributed by atoms with E-state index >= 15 is 0 Å². The van der Waals surface area contributed by atoms with E-state index in [2.05, 4.69) is 22.3 Å². The first-order valence-corrected chi connectivity index (χ1v) is 9.10. The fourth-order valence-corrected chi connectivity index (χ4v) is 4.09. The van der Waals surface area contributed by atoms with E-state index < -0.39 is 11.9 Å². The number of aliphatic hydroxyl groups excluding tert-OH is 1. The summed E-state index contributed by atoms with van der Waals surface area (Å²) in [6, 6.07) is 1.81. The van der Waals surface area contributed by atoms with Crippen LogP contribution < -0.4 is 5.32 Å². The van der Waals surface area contributed by atoms with Gasteiger partial charge in [0.1, 0.15) is 17.1 Å². The lowest BCUT2D eigenvalue weighted by molar-refractivity contribution is -0.0136. The number of hydrogen-bond acceptors (Lipinski definition) is 6. The number of fused-ring (bicyclic) bond motifs is 1. The standard InChI is InChI=1S/C18H22FN5O2/c1-2-18(5-3-6-18)16-11(8-20)15(19)13-9-21-17(23-24(13)16)22-12-4-7-26-10-14(12)25/h9,12,14,25H,2-7,10H2,1H3,(H,22,23)/t12-,14-/m1/s1. The highest BCUT2D eigenvalue weighted by atomic mass is 19.1. The number of nitrogens with one attached hydrogen (secondary N) is 1. The fourth-order valence-electron chi connectivity index (χ4n) is 4.09. The van der Waals surface area contributed by atoms with Crippen LogP contribution in [0.4, 0.5) is 10.3 Å². The first-order chi connectivity index (χ1) is 12.6. The van der Waals surface area contributed by atoms with Crippen molar-refractivity contribution in [1.29, 1.82) is 5.26 Å². The molecule has 1 aliphatic heterocycles. The van der Waals surface area contributed by atoms with Crippen molar-refractivity contribution in [3.05, 3.63) is 23.3 Å². The van der Waals surface area contributed by atoms with E-state index in [1.807, 2.05) is 6.07 Å². The van der Waals surface area contributed by atoms with Gasteiger partial charge >= 0.3 is 0 Å². The minimum absolute atomic E-state index is 0.0732. The summed E-state index contributed by atoms with van der Waals surface area (Å²) in [5.74, 6) is -0.241. The van der Waals surface area contributed by atoms with Gasteiger partial charge in [-0.1, -0.05) is 13.3 Å². The van der Waals surface area contributed by atoms with Crippen molar-refractivity contribution in [1.82, 2.24) is 14.6 Å². The molecule has 0 bridgehead atoms. The Morgan fingerprint density at radius 2 is 2.35 bits per heavy atom. The van der Waals surface area contributed by atoms with Gasteiger partial charge in [0.2, 0.25) is 5.95 Å². The number of anilines is 1. The average Bonchev–Trinajstić information content (AvgIpc) is 2.89. The molecule has 1 saturated carbocycles. The van der Waals surface area contributed by atoms with Gasteiger partial charge in [0.25, 0.3) is 0 Å². The van der Waals surface area contributed by atoms with Crippen molar-refractivity contribution in [2.24, 2.45) is 0 Å². The van der Waals surface area contributed by atoms with Gasteiger partial charge in [0.15, 0.2) is 5.82 Å². The smallest absolute Gasteiger partial charge is 0.241 e. The molecule has 2 aromatic rings. The van der Waals surface area contributed by atoms with Gasteiger partial charge in [-0.25, -0.2) is 13.9 Å². The maximum Gasteiger partial charge on any atom is 0.241 e. The Balaban J connectivity index is 1.78.